The van der Waals surface area contributed by atoms with E-state index in [-0.39, 0.29) is 30.2 Å². The van der Waals surface area contributed by atoms with E-state index in [9.17, 15) is 24.5 Å². The molecule has 2 rings (SSSR count). The van der Waals surface area contributed by atoms with Crippen molar-refractivity contribution < 1.29 is 9.72 Å². The number of Topliss-reactive ketones (excluding diaryl/α,β-unsaturated/α-hetero) is 1. The molecule has 0 unspecified atom stereocenters. The molecular formula is C16H18ClN5O5. The molecule has 1 aromatic carbocycles. The van der Waals surface area contributed by atoms with Crippen LogP contribution in [0.25, 0.3) is 0 Å². The summed E-state index contributed by atoms with van der Waals surface area (Å²) in [5.74, 6) is -0.789. The zero-order valence-corrected chi connectivity index (χ0v) is 15.7. The number of nitro groups is 1. The Labute approximate surface area is 158 Å². The Kier molecular flexibility index (Phi) is 5.82. The highest BCUT2D eigenvalue weighted by molar-refractivity contribution is 6.31. The predicted molar refractivity (Wildman–Crippen MR) is 100 cm³/mol. The topological polar surface area (TPSA) is 133 Å². The summed E-state index contributed by atoms with van der Waals surface area (Å²) in [6.07, 6.45) is 0. The average Bonchev–Trinajstić information content (AvgIpc) is 2.60. The quantitative estimate of drug-likeness (QED) is 0.428. The molecule has 0 bridgehead atoms. The van der Waals surface area contributed by atoms with Crippen LogP contribution in [0.5, 0.6) is 0 Å². The number of nitro benzene ring substituents is 1. The van der Waals surface area contributed by atoms with E-state index in [2.05, 4.69) is 0 Å². The normalized spacial score (nSPS) is 11.0. The van der Waals surface area contributed by atoms with Crippen LogP contribution in [0.15, 0.2) is 27.8 Å². The van der Waals surface area contributed by atoms with Crippen molar-refractivity contribution >= 4 is 28.9 Å². The van der Waals surface area contributed by atoms with E-state index in [4.69, 9.17) is 17.3 Å². The lowest BCUT2D eigenvalue weighted by Gasteiger charge is -2.17. The zero-order chi connectivity index (χ0) is 20.5. The van der Waals surface area contributed by atoms with Gasteiger partial charge in [-0.2, -0.15) is 0 Å². The minimum absolute atomic E-state index is 0.120. The number of benzene rings is 1. The van der Waals surface area contributed by atoms with Crippen LogP contribution < -0.4 is 17.0 Å². The Morgan fingerprint density at radius 1 is 1.30 bits per heavy atom. The van der Waals surface area contributed by atoms with E-state index in [0.717, 1.165) is 9.13 Å². The molecule has 144 valence electrons. The average molecular weight is 396 g/mol. The first-order chi connectivity index (χ1) is 12.5. The number of hydrogen-bond acceptors (Lipinski definition) is 7. The molecule has 0 aliphatic rings. The Hall–Kier alpha value is -2.98. The fourth-order valence-electron chi connectivity index (χ4n) is 2.59. The van der Waals surface area contributed by atoms with Crippen LogP contribution in [0.2, 0.25) is 5.02 Å². The molecule has 2 N–H and O–H groups in total. The smallest absolute Gasteiger partial charge is 0.332 e. The summed E-state index contributed by atoms with van der Waals surface area (Å²) in [5, 5.41) is 11.2. The van der Waals surface area contributed by atoms with Crippen molar-refractivity contribution in [2.45, 2.75) is 6.54 Å². The first kappa shape index (κ1) is 20.3. The minimum atomic E-state index is -0.776. The van der Waals surface area contributed by atoms with E-state index >= 15 is 0 Å². The molecular weight excluding hydrogens is 378 g/mol. The largest absolute Gasteiger partial charge is 0.384 e. The molecule has 0 radical (unpaired) electrons. The molecule has 0 aliphatic carbocycles. The molecule has 10 nitrogen and oxygen atoms in total. The number of carbonyl (C=O) groups is 1. The van der Waals surface area contributed by atoms with Crippen molar-refractivity contribution in [2.24, 2.45) is 14.1 Å². The van der Waals surface area contributed by atoms with E-state index < -0.39 is 22.0 Å². The standard InChI is InChI=1S/C16H18ClN5O5/c1-19(7-9-6-10(22(26)27)4-5-11(9)17)8-12(23)13-14(18)20(2)16(25)21(3)15(13)24/h4-6H,7-8,18H2,1-3H3. The number of halogens is 1. The van der Waals surface area contributed by atoms with Gasteiger partial charge in [0, 0.05) is 37.8 Å². The maximum absolute atomic E-state index is 12.6. The van der Waals surface area contributed by atoms with Crippen LogP contribution in [0.3, 0.4) is 0 Å². The fourth-order valence-corrected chi connectivity index (χ4v) is 2.77. The molecule has 1 heterocycles. The molecule has 0 saturated carbocycles. The number of aromatic nitrogens is 2. The SMILES string of the molecule is CN(CC(=O)c1c(N)n(C)c(=O)n(C)c1=O)Cc1cc([N+](=O)[O-])ccc1Cl. The van der Waals surface area contributed by atoms with Crippen molar-refractivity contribution in [3.63, 3.8) is 0 Å². The van der Waals surface area contributed by atoms with E-state index in [1.807, 2.05) is 0 Å². The van der Waals surface area contributed by atoms with Crippen LogP contribution in [0.1, 0.15) is 15.9 Å². The highest BCUT2D eigenvalue weighted by atomic mass is 35.5. The molecule has 27 heavy (non-hydrogen) atoms. The first-order valence-electron chi connectivity index (χ1n) is 7.74. The maximum atomic E-state index is 12.6. The van der Waals surface area contributed by atoms with E-state index in [0.29, 0.717) is 10.6 Å². The van der Waals surface area contributed by atoms with Gasteiger partial charge in [0.1, 0.15) is 11.4 Å². The Balaban J connectivity index is 2.28. The van der Waals surface area contributed by atoms with Gasteiger partial charge in [-0.15, -0.1) is 0 Å². The third kappa shape index (κ3) is 4.07. The summed E-state index contributed by atoms with van der Waals surface area (Å²) in [5.41, 5.74) is 4.42. The lowest BCUT2D eigenvalue weighted by atomic mass is 10.1. The number of non-ortho nitro benzene ring substituents is 1. The van der Waals surface area contributed by atoms with E-state index in [1.54, 1.807) is 7.05 Å². The number of carbonyl (C=O) groups excluding carboxylic acids is 1. The second-order valence-electron chi connectivity index (χ2n) is 6.09. The second kappa shape index (κ2) is 7.72. The second-order valence-corrected chi connectivity index (χ2v) is 6.50. The van der Waals surface area contributed by atoms with Gasteiger partial charge in [0.25, 0.3) is 11.2 Å². The molecule has 0 atom stereocenters. The van der Waals surface area contributed by atoms with E-state index in [1.165, 1.54) is 37.2 Å². The molecule has 0 spiro atoms. The summed E-state index contributed by atoms with van der Waals surface area (Å²) in [6, 6.07) is 4.01. The van der Waals surface area contributed by atoms with Crippen molar-refractivity contribution in [3.05, 3.63) is 65.3 Å². The van der Waals surface area contributed by atoms with Gasteiger partial charge in [0.05, 0.1) is 11.5 Å². The fraction of sp³-hybridized carbons (Fsp3) is 0.312. The van der Waals surface area contributed by atoms with Gasteiger partial charge in [-0.3, -0.25) is 33.7 Å². The molecule has 0 amide bonds. The Bertz CT molecular complexity index is 1040. The zero-order valence-electron chi connectivity index (χ0n) is 14.9. The maximum Gasteiger partial charge on any atom is 0.332 e. The molecule has 11 heteroatoms. The summed E-state index contributed by atoms with van der Waals surface area (Å²) < 4.78 is 1.83. The summed E-state index contributed by atoms with van der Waals surface area (Å²) in [4.78, 5) is 48.5. The number of ketones is 1. The molecule has 0 saturated heterocycles. The molecule has 0 fully saturated rings. The number of nitrogens with zero attached hydrogens (tertiary/aromatic N) is 4. The minimum Gasteiger partial charge on any atom is -0.384 e. The lowest BCUT2D eigenvalue weighted by Crippen LogP contribution is -2.43. The third-order valence-corrected chi connectivity index (χ3v) is 4.45. The van der Waals surface area contributed by atoms with Crippen LogP contribution in [-0.2, 0) is 20.6 Å². The summed E-state index contributed by atoms with van der Waals surface area (Å²) >= 11 is 6.06. The molecule has 0 aliphatic heterocycles. The number of hydrogen-bond donors (Lipinski definition) is 1. The number of anilines is 1. The number of nitrogen functional groups attached to an aromatic ring is 1. The van der Waals surface area contributed by atoms with Crippen molar-refractivity contribution in [3.8, 4) is 0 Å². The van der Waals surface area contributed by atoms with Crippen molar-refractivity contribution in [2.75, 3.05) is 19.3 Å². The van der Waals surface area contributed by atoms with Gasteiger partial charge in [-0.1, -0.05) is 11.6 Å². The first-order valence-corrected chi connectivity index (χ1v) is 8.12. The summed E-state index contributed by atoms with van der Waals surface area (Å²) in [7, 11) is 4.21. The highest BCUT2D eigenvalue weighted by Crippen LogP contribution is 2.23. The van der Waals surface area contributed by atoms with Gasteiger partial charge in [-0.25, -0.2) is 4.79 Å². The summed E-state index contributed by atoms with van der Waals surface area (Å²) in [6.45, 7) is -0.0606. The Morgan fingerprint density at radius 3 is 2.52 bits per heavy atom. The van der Waals surface area contributed by atoms with Crippen LogP contribution in [-0.4, -0.2) is 38.3 Å². The highest BCUT2D eigenvalue weighted by Gasteiger charge is 2.22. The number of likely N-dealkylation sites (N-methyl/N-ethyl adjacent to an activating group) is 1. The molecule has 1 aromatic heterocycles. The van der Waals surface area contributed by atoms with Crippen LogP contribution in [0.4, 0.5) is 11.5 Å². The number of nitrogens with two attached hydrogens (primary N) is 1. The number of rotatable bonds is 6. The monoisotopic (exact) mass is 395 g/mol. The predicted octanol–water partition coefficient (Wildman–Crippen LogP) is 0.543. The van der Waals surface area contributed by atoms with Crippen molar-refractivity contribution in [1.29, 1.82) is 0 Å². The third-order valence-electron chi connectivity index (χ3n) is 4.08. The molecule has 2 aromatic rings. The van der Waals surface area contributed by atoms with Gasteiger partial charge in [-0.05, 0) is 18.7 Å². The van der Waals surface area contributed by atoms with Gasteiger partial charge >= 0.3 is 5.69 Å². The van der Waals surface area contributed by atoms with Gasteiger partial charge in [0.2, 0.25) is 0 Å². The lowest BCUT2D eigenvalue weighted by molar-refractivity contribution is -0.384. The van der Waals surface area contributed by atoms with Crippen molar-refractivity contribution in [1.82, 2.24) is 14.0 Å². The van der Waals surface area contributed by atoms with Gasteiger partial charge < -0.3 is 5.73 Å². The Morgan fingerprint density at radius 2 is 1.93 bits per heavy atom. The van der Waals surface area contributed by atoms with Gasteiger partial charge in [0.15, 0.2) is 5.78 Å². The van der Waals surface area contributed by atoms with Crippen LogP contribution >= 0.6 is 11.6 Å². The van der Waals surface area contributed by atoms with Crippen LogP contribution in [0, 0.1) is 10.1 Å².